The molecule has 4 nitrogen and oxygen atoms in total. The van der Waals surface area contributed by atoms with Crippen LogP contribution in [0.15, 0.2) is 0 Å². The van der Waals surface area contributed by atoms with Gasteiger partial charge in [0.05, 0.1) is 17.9 Å². The maximum atomic E-state index is 6.31. The largest absolute Gasteiger partial charge is 0.390 e. The maximum Gasteiger partial charge on any atom is 0.352 e. The molecular formula is C18H40O4Si. The van der Waals surface area contributed by atoms with Crippen LogP contribution in [0.3, 0.4) is 0 Å². The molecule has 140 valence electrons. The first kappa shape index (κ1) is 23.1. The average Bonchev–Trinajstić information content (AvgIpc) is 2.27. The van der Waals surface area contributed by atoms with E-state index >= 15 is 0 Å². The Morgan fingerprint density at radius 2 is 1.26 bits per heavy atom. The molecule has 5 heteroatoms. The Bertz CT molecular complexity index is 289. The fourth-order valence-corrected chi connectivity index (χ4v) is 4.79. The third-order valence-electron chi connectivity index (χ3n) is 2.77. The van der Waals surface area contributed by atoms with Gasteiger partial charge in [0.2, 0.25) is 0 Å². The number of ether oxygens (including phenoxy) is 2. The van der Waals surface area contributed by atoms with E-state index in [0.717, 1.165) is 19.4 Å². The van der Waals surface area contributed by atoms with E-state index in [2.05, 4.69) is 69.2 Å². The van der Waals surface area contributed by atoms with E-state index in [0.29, 0.717) is 0 Å². The fraction of sp³-hybridized carbons (Fsp3) is 1.00. The first-order valence-corrected chi connectivity index (χ1v) is 10.5. The van der Waals surface area contributed by atoms with E-state index in [1.165, 1.54) is 0 Å². The molecule has 0 saturated carbocycles. The van der Waals surface area contributed by atoms with Gasteiger partial charge in [-0.05, 0) is 82.1 Å². The molecule has 0 fully saturated rings. The van der Waals surface area contributed by atoms with Crippen LogP contribution < -0.4 is 0 Å². The van der Waals surface area contributed by atoms with Gasteiger partial charge in [-0.25, -0.2) is 0 Å². The van der Waals surface area contributed by atoms with Gasteiger partial charge in [0.25, 0.3) is 0 Å². The molecule has 1 atom stereocenters. The lowest BCUT2D eigenvalue weighted by atomic mass is 10.2. The summed E-state index contributed by atoms with van der Waals surface area (Å²) < 4.78 is 24.4. The lowest BCUT2D eigenvalue weighted by Gasteiger charge is -2.36. The van der Waals surface area contributed by atoms with Crippen LogP contribution in [-0.2, 0) is 18.3 Å². The average molecular weight is 349 g/mol. The predicted octanol–water partition coefficient (Wildman–Crippen LogP) is 4.38. The van der Waals surface area contributed by atoms with Crippen molar-refractivity contribution in [2.75, 3.05) is 6.61 Å². The zero-order chi connectivity index (χ0) is 18.3. The third kappa shape index (κ3) is 14.1. The van der Waals surface area contributed by atoms with Gasteiger partial charge in [-0.15, -0.1) is 0 Å². The molecule has 0 radical (unpaired) electrons. The normalized spacial score (nSPS) is 15.0. The molecule has 0 bridgehead atoms. The SMILES string of the molecule is CC(C)OCCCC(OC(C)C)[SiH](OC(C)(C)C)OC(C)(C)C. The second-order valence-corrected chi connectivity index (χ2v) is 10.6. The van der Waals surface area contributed by atoms with Crippen molar-refractivity contribution >= 4 is 9.28 Å². The highest BCUT2D eigenvalue weighted by atomic mass is 28.3. The minimum atomic E-state index is -2.00. The zero-order valence-corrected chi connectivity index (χ0v) is 18.2. The minimum Gasteiger partial charge on any atom is -0.390 e. The summed E-state index contributed by atoms with van der Waals surface area (Å²) in [5.41, 5.74) is -0.422. The first-order valence-electron chi connectivity index (χ1n) is 8.93. The Morgan fingerprint density at radius 1 is 0.783 bits per heavy atom. The highest BCUT2D eigenvalue weighted by Gasteiger charge is 2.35. The van der Waals surface area contributed by atoms with Gasteiger partial charge in [0.15, 0.2) is 0 Å². The van der Waals surface area contributed by atoms with Crippen molar-refractivity contribution in [2.24, 2.45) is 0 Å². The highest BCUT2D eigenvalue weighted by Crippen LogP contribution is 2.22. The summed E-state index contributed by atoms with van der Waals surface area (Å²) in [6.07, 6.45) is 2.30. The monoisotopic (exact) mass is 348 g/mol. The van der Waals surface area contributed by atoms with E-state index in [1.54, 1.807) is 0 Å². The third-order valence-corrected chi connectivity index (χ3v) is 5.75. The highest BCUT2D eigenvalue weighted by molar-refractivity contribution is 6.46. The van der Waals surface area contributed by atoms with Crippen molar-refractivity contribution in [3.63, 3.8) is 0 Å². The number of rotatable bonds is 10. The van der Waals surface area contributed by atoms with Crippen LogP contribution >= 0.6 is 0 Å². The lowest BCUT2D eigenvalue weighted by Crippen LogP contribution is -2.48. The predicted molar refractivity (Wildman–Crippen MR) is 99.2 cm³/mol. The summed E-state index contributed by atoms with van der Waals surface area (Å²) in [7, 11) is -2.00. The molecule has 1 unspecified atom stereocenters. The molecule has 23 heavy (non-hydrogen) atoms. The van der Waals surface area contributed by atoms with Gasteiger partial charge in [0, 0.05) is 17.8 Å². The van der Waals surface area contributed by atoms with Crippen molar-refractivity contribution in [3.8, 4) is 0 Å². The maximum absolute atomic E-state index is 6.31. The molecule has 0 amide bonds. The molecule has 0 heterocycles. The summed E-state index contributed by atoms with van der Waals surface area (Å²) in [5.74, 6) is 0. The van der Waals surface area contributed by atoms with Crippen LogP contribution in [-0.4, -0.2) is 45.0 Å². The second kappa shape index (κ2) is 10.1. The number of hydrogen-bond donors (Lipinski definition) is 0. The summed E-state index contributed by atoms with van der Waals surface area (Å²) in [5, 5.41) is 0. The van der Waals surface area contributed by atoms with Crippen molar-refractivity contribution in [1.29, 1.82) is 0 Å². The van der Waals surface area contributed by atoms with Gasteiger partial charge in [0.1, 0.15) is 0 Å². The Morgan fingerprint density at radius 3 is 1.61 bits per heavy atom. The summed E-state index contributed by atoms with van der Waals surface area (Å²) in [4.78, 5) is 0. The quantitative estimate of drug-likeness (QED) is 0.434. The fourth-order valence-electron chi connectivity index (χ4n) is 2.09. The molecule has 0 N–H and O–H groups in total. The molecule has 0 aromatic heterocycles. The summed E-state index contributed by atoms with van der Waals surface area (Å²) >= 11 is 0. The van der Waals surface area contributed by atoms with Crippen molar-refractivity contribution in [2.45, 2.75) is 111 Å². The van der Waals surface area contributed by atoms with Crippen LogP contribution in [0.25, 0.3) is 0 Å². The van der Waals surface area contributed by atoms with Gasteiger partial charge in [-0.2, -0.15) is 0 Å². The van der Waals surface area contributed by atoms with E-state index in [9.17, 15) is 0 Å². The molecule has 0 rings (SSSR count). The zero-order valence-electron chi connectivity index (χ0n) is 17.1. The summed E-state index contributed by atoms with van der Waals surface area (Å²) in [6.45, 7) is 21.5. The Hall–Kier alpha value is 0.0569. The smallest absolute Gasteiger partial charge is 0.352 e. The van der Waals surface area contributed by atoms with Gasteiger partial charge in [-0.1, -0.05) is 0 Å². The Balaban J connectivity index is 4.90. The lowest BCUT2D eigenvalue weighted by molar-refractivity contribution is -0.0306. The van der Waals surface area contributed by atoms with Gasteiger partial charge in [-0.3, -0.25) is 0 Å². The summed E-state index contributed by atoms with van der Waals surface area (Å²) in [6, 6.07) is 0. The Kier molecular flexibility index (Phi) is 10.2. The molecule has 0 aliphatic heterocycles. The van der Waals surface area contributed by atoms with Crippen molar-refractivity contribution in [1.82, 2.24) is 0 Å². The molecule has 0 aromatic carbocycles. The minimum absolute atomic E-state index is 0.0317. The van der Waals surface area contributed by atoms with Crippen LogP contribution in [0.5, 0.6) is 0 Å². The van der Waals surface area contributed by atoms with Crippen molar-refractivity contribution in [3.05, 3.63) is 0 Å². The molecule has 0 aromatic rings. The molecule has 0 aliphatic rings. The standard InChI is InChI=1S/C18H40O4Si/c1-14(2)19-13-11-12-16(20-15(3)4)23(21-17(5,6)7)22-18(8,9)10/h14-16,23H,11-13H2,1-10H3. The van der Waals surface area contributed by atoms with Crippen LogP contribution in [0, 0.1) is 0 Å². The topological polar surface area (TPSA) is 36.9 Å². The van der Waals surface area contributed by atoms with Crippen LogP contribution in [0.1, 0.15) is 82.1 Å². The Labute approximate surface area is 146 Å². The van der Waals surface area contributed by atoms with E-state index in [4.69, 9.17) is 18.3 Å². The van der Waals surface area contributed by atoms with Crippen molar-refractivity contribution < 1.29 is 18.3 Å². The second-order valence-electron chi connectivity index (χ2n) is 8.61. The van der Waals surface area contributed by atoms with Crippen LogP contribution in [0.2, 0.25) is 0 Å². The van der Waals surface area contributed by atoms with E-state index < -0.39 is 9.28 Å². The van der Waals surface area contributed by atoms with Crippen LogP contribution in [0.4, 0.5) is 0 Å². The molecule has 0 aliphatic carbocycles. The molecule has 0 spiro atoms. The van der Waals surface area contributed by atoms with E-state index in [-0.39, 0.29) is 29.1 Å². The van der Waals surface area contributed by atoms with Gasteiger partial charge >= 0.3 is 9.28 Å². The molecule has 0 saturated heterocycles. The van der Waals surface area contributed by atoms with Gasteiger partial charge < -0.3 is 18.3 Å². The number of hydrogen-bond acceptors (Lipinski definition) is 4. The first-order chi connectivity index (χ1) is 10.3. The van der Waals surface area contributed by atoms with E-state index in [1.807, 2.05) is 0 Å². The molecular weight excluding hydrogens is 308 g/mol.